The number of esters is 1. The van der Waals surface area contributed by atoms with E-state index in [0.29, 0.717) is 23.6 Å². The molecule has 1 unspecified atom stereocenters. The topological polar surface area (TPSA) is 77.1 Å². The molecule has 0 spiro atoms. The van der Waals surface area contributed by atoms with Gasteiger partial charge in [0.25, 0.3) is 0 Å². The molecule has 0 saturated carbocycles. The Morgan fingerprint density at radius 1 is 1.36 bits per heavy atom. The van der Waals surface area contributed by atoms with Crippen molar-refractivity contribution in [2.45, 2.75) is 26.3 Å². The average Bonchev–Trinajstić information content (AvgIpc) is 2.96. The van der Waals surface area contributed by atoms with Crippen LogP contribution in [0.3, 0.4) is 0 Å². The summed E-state index contributed by atoms with van der Waals surface area (Å²) in [6, 6.07) is 2.87. The molecule has 0 saturated heterocycles. The molecule has 0 aliphatic carbocycles. The van der Waals surface area contributed by atoms with Crippen LogP contribution in [0, 0.1) is 0 Å². The van der Waals surface area contributed by atoms with E-state index in [1.165, 1.54) is 4.90 Å². The van der Waals surface area contributed by atoms with Gasteiger partial charge in [0.15, 0.2) is 11.5 Å². The molecule has 2 aliphatic heterocycles. The van der Waals surface area contributed by atoms with Crippen LogP contribution < -0.4 is 19.7 Å². The summed E-state index contributed by atoms with van der Waals surface area (Å²) in [6.45, 7) is 4.16. The summed E-state index contributed by atoms with van der Waals surface area (Å²) in [7, 11) is 0. The number of nitrogens with zero attached hydrogens (tertiary/aromatic N) is 1. The van der Waals surface area contributed by atoms with E-state index in [-0.39, 0.29) is 25.9 Å². The summed E-state index contributed by atoms with van der Waals surface area (Å²) >= 11 is 0. The van der Waals surface area contributed by atoms with E-state index in [4.69, 9.17) is 14.2 Å². The maximum Gasteiger partial charge on any atom is 0.329 e. The molecule has 7 nitrogen and oxygen atoms in total. The molecule has 2 aliphatic rings. The largest absolute Gasteiger partial charge is 0.464 e. The molecule has 7 heteroatoms. The smallest absolute Gasteiger partial charge is 0.329 e. The number of ether oxygens (including phenoxy) is 3. The van der Waals surface area contributed by atoms with Gasteiger partial charge in [-0.3, -0.25) is 9.69 Å². The summed E-state index contributed by atoms with van der Waals surface area (Å²) in [5, 5.41) is 3.04. The molecule has 3 rings (SSSR count). The Kier molecular flexibility index (Phi) is 3.79. The highest BCUT2D eigenvalue weighted by Crippen LogP contribution is 2.43. The number of carbonyl (C=O) groups excluding carboxylic acids is 2. The van der Waals surface area contributed by atoms with Crippen molar-refractivity contribution in [1.29, 1.82) is 0 Å². The second-order valence-corrected chi connectivity index (χ2v) is 5.02. The zero-order valence-corrected chi connectivity index (χ0v) is 12.5. The molecule has 0 aromatic heterocycles. The first-order valence-electron chi connectivity index (χ1n) is 7.32. The predicted molar refractivity (Wildman–Crippen MR) is 79.3 cm³/mol. The van der Waals surface area contributed by atoms with Crippen molar-refractivity contribution in [2.75, 3.05) is 30.2 Å². The van der Waals surface area contributed by atoms with Crippen molar-refractivity contribution >= 4 is 23.3 Å². The van der Waals surface area contributed by atoms with Gasteiger partial charge in [0.05, 0.1) is 24.5 Å². The third-order valence-corrected chi connectivity index (χ3v) is 3.71. The Bertz CT molecular complexity index is 616. The molecule has 0 fully saturated rings. The Hall–Kier alpha value is -2.44. The average molecular weight is 306 g/mol. The standard InChI is InChI=1S/C15H18N2O5/c1-3-10(15(19)20-4-2)17-11-6-13-12(21-8-22-13)5-9(11)16-7-14(17)18/h5-6,10,16H,3-4,7-8H2,1-2H3. The number of nitrogens with one attached hydrogen (secondary N) is 1. The highest BCUT2D eigenvalue weighted by atomic mass is 16.7. The number of hydrogen-bond acceptors (Lipinski definition) is 6. The van der Waals surface area contributed by atoms with Crippen LogP contribution in [0.5, 0.6) is 11.5 Å². The van der Waals surface area contributed by atoms with Crippen molar-refractivity contribution in [3.63, 3.8) is 0 Å². The first-order valence-corrected chi connectivity index (χ1v) is 7.32. The number of fused-ring (bicyclic) bond motifs is 2. The van der Waals surface area contributed by atoms with Gasteiger partial charge in [-0.25, -0.2) is 4.79 Å². The lowest BCUT2D eigenvalue weighted by Crippen LogP contribution is -2.50. The third-order valence-electron chi connectivity index (χ3n) is 3.71. The van der Waals surface area contributed by atoms with E-state index >= 15 is 0 Å². The second-order valence-electron chi connectivity index (χ2n) is 5.02. The zero-order chi connectivity index (χ0) is 15.7. The fourth-order valence-corrected chi connectivity index (χ4v) is 2.70. The number of anilines is 2. The summed E-state index contributed by atoms with van der Waals surface area (Å²) in [5.41, 5.74) is 1.35. The summed E-state index contributed by atoms with van der Waals surface area (Å²) in [6.07, 6.45) is 0.471. The number of carbonyl (C=O) groups is 2. The van der Waals surface area contributed by atoms with Crippen LogP contribution in [0.1, 0.15) is 20.3 Å². The molecule has 2 heterocycles. The Morgan fingerprint density at radius 2 is 2.09 bits per heavy atom. The number of hydrogen-bond donors (Lipinski definition) is 1. The minimum absolute atomic E-state index is 0.128. The molecule has 1 aromatic rings. The van der Waals surface area contributed by atoms with E-state index in [0.717, 1.165) is 5.69 Å². The number of amides is 1. The van der Waals surface area contributed by atoms with E-state index in [1.807, 2.05) is 6.92 Å². The lowest BCUT2D eigenvalue weighted by atomic mass is 10.1. The second kappa shape index (κ2) is 5.75. The van der Waals surface area contributed by atoms with Gasteiger partial charge in [-0.15, -0.1) is 0 Å². The summed E-state index contributed by atoms with van der Waals surface area (Å²) < 4.78 is 15.8. The first-order chi connectivity index (χ1) is 10.7. The lowest BCUT2D eigenvalue weighted by molar-refractivity contribution is -0.146. The summed E-state index contributed by atoms with van der Waals surface area (Å²) in [5.74, 6) is 0.624. The molecule has 118 valence electrons. The van der Waals surface area contributed by atoms with E-state index in [9.17, 15) is 9.59 Å². The molecule has 0 radical (unpaired) electrons. The highest BCUT2D eigenvalue weighted by Gasteiger charge is 2.36. The van der Waals surface area contributed by atoms with Crippen LogP contribution in [0.2, 0.25) is 0 Å². The molecule has 1 aromatic carbocycles. The van der Waals surface area contributed by atoms with Crippen molar-refractivity contribution < 1.29 is 23.8 Å². The number of benzene rings is 1. The molecular weight excluding hydrogens is 288 g/mol. The van der Waals surface area contributed by atoms with Crippen LogP contribution in [0.25, 0.3) is 0 Å². The van der Waals surface area contributed by atoms with E-state index in [2.05, 4.69) is 5.32 Å². The summed E-state index contributed by atoms with van der Waals surface area (Å²) in [4.78, 5) is 26.0. The van der Waals surface area contributed by atoms with Gasteiger partial charge in [-0.2, -0.15) is 0 Å². The van der Waals surface area contributed by atoms with Gasteiger partial charge in [0.1, 0.15) is 6.04 Å². The van der Waals surface area contributed by atoms with Crippen LogP contribution in [-0.4, -0.2) is 37.9 Å². The van der Waals surface area contributed by atoms with Crippen LogP contribution in [0.4, 0.5) is 11.4 Å². The van der Waals surface area contributed by atoms with Crippen molar-refractivity contribution in [2.24, 2.45) is 0 Å². The van der Waals surface area contributed by atoms with Crippen LogP contribution in [0.15, 0.2) is 12.1 Å². The van der Waals surface area contributed by atoms with Gasteiger partial charge in [0.2, 0.25) is 12.7 Å². The Balaban J connectivity index is 2.01. The Labute approximate surface area is 128 Å². The normalized spacial score (nSPS) is 16.8. The number of rotatable bonds is 4. The van der Waals surface area contributed by atoms with E-state index in [1.54, 1.807) is 19.1 Å². The van der Waals surface area contributed by atoms with Crippen LogP contribution in [-0.2, 0) is 14.3 Å². The van der Waals surface area contributed by atoms with E-state index < -0.39 is 12.0 Å². The van der Waals surface area contributed by atoms with Gasteiger partial charge >= 0.3 is 5.97 Å². The van der Waals surface area contributed by atoms with Crippen molar-refractivity contribution in [1.82, 2.24) is 0 Å². The van der Waals surface area contributed by atoms with Crippen molar-refractivity contribution in [3.8, 4) is 11.5 Å². The van der Waals surface area contributed by atoms with Gasteiger partial charge in [0, 0.05) is 12.1 Å². The molecule has 1 atom stereocenters. The molecule has 0 bridgehead atoms. The maximum atomic E-state index is 12.3. The fraction of sp³-hybridized carbons (Fsp3) is 0.467. The van der Waals surface area contributed by atoms with Gasteiger partial charge in [-0.05, 0) is 13.3 Å². The predicted octanol–water partition coefficient (Wildman–Crippen LogP) is 1.52. The van der Waals surface area contributed by atoms with Gasteiger partial charge < -0.3 is 19.5 Å². The molecule has 1 amide bonds. The lowest BCUT2D eigenvalue weighted by Gasteiger charge is -2.34. The van der Waals surface area contributed by atoms with Crippen molar-refractivity contribution in [3.05, 3.63) is 12.1 Å². The Morgan fingerprint density at radius 3 is 2.77 bits per heavy atom. The monoisotopic (exact) mass is 306 g/mol. The maximum absolute atomic E-state index is 12.3. The quantitative estimate of drug-likeness (QED) is 0.850. The zero-order valence-electron chi connectivity index (χ0n) is 12.5. The minimum Gasteiger partial charge on any atom is -0.464 e. The third kappa shape index (κ3) is 2.32. The minimum atomic E-state index is -0.645. The molecule has 22 heavy (non-hydrogen) atoms. The highest BCUT2D eigenvalue weighted by molar-refractivity contribution is 6.07. The molecular formula is C15H18N2O5. The SMILES string of the molecule is CCOC(=O)C(CC)N1C(=O)CNc2cc3c(cc21)OCO3. The first kappa shape index (κ1) is 14.5. The molecule has 1 N–H and O–H groups in total. The van der Waals surface area contributed by atoms with Crippen LogP contribution >= 0.6 is 0 Å². The fourth-order valence-electron chi connectivity index (χ4n) is 2.70. The van der Waals surface area contributed by atoms with Gasteiger partial charge in [-0.1, -0.05) is 6.92 Å².